The summed E-state index contributed by atoms with van der Waals surface area (Å²) in [6, 6.07) is 3.34. The van der Waals surface area contributed by atoms with Crippen molar-refractivity contribution < 1.29 is 37.3 Å². The Morgan fingerprint density at radius 3 is 2.71 bits per heavy atom. The number of aryl methyl sites for hydroxylation is 1. The first-order chi connectivity index (χ1) is 16.0. The molecule has 0 aliphatic rings. The highest BCUT2D eigenvalue weighted by Gasteiger charge is 2.35. The molecule has 0 radical (unpaired) electrons. The van der Waals surface area contributed by atoms with Crippen LogP contribution in [0.3, 0.4) is 0 Å². The van der Waals surface area contributed by atoms with Gasteiger partial charge in [0.05, 0.1) is 18.6 Å². The molecular weight excluding hydrogens is 454 g/mol. The Morgan fingerprint density at radius 2 is 2.09 bits per heavy atom. The second kappa shape index (κ2) is 12.2. The minimum atomic E-state index is -4.66. The fourth-order valence-electron chi connectivity index (χ4n) is 2.93. The van der Waals surface area contributed by atoms with E-state index >= 15 is 0 Å². The number of amides is 1. The number of aromatic nitrogens is 2. The van der Waals surface area contributed by atoms with Crippen LogP contribution in [-0.4, -0.2) is 46.3 Å². The summed E-state index contributed by atoms with van der Waals surface area (Å²) in [6.45, 7) is 5.67. The number of allylic oxidation sites excluding steroid dienone is 5. The summed E-state index contributed by atoms with van der Waals surface area (Å²) in [5, 5.41) is 25.4. The maximum absolute atomic E-state index is 13.2. The van der Waals surface area contributed by atoms with Crippen LogP contribution in [0, 0.1) is 0 Å². The lowest BCUT2D eigenvalue weighted by atomic mass is 9.75. The van der Waals surface area contributed by atoms with Crippen LogP contribution in [-0.2, 0) is 23.8 Å². The topological polar surface area (TPSA) is 118 Å². The number of carbonyl (C=O) groups excluding carboxylic acids is 1. The first-order valence-corrected chi connectivity index (χ1v) is 10.3. The lowest BCUT2D eigenvalue weighted by Crippen LogP contribution is -2.48. The van der Waals surface area contributed by atoms with Crippen LogP contribution in [0.4, 0.5) is 13.2 Å². The first-order valence-electron chi connectivity index (χ1n) is 10.3. The number of alkyl halides is 3. The van der Waals surface area contributed by atoms with Gasteiger partial charge in [0.2, 0.25) is 5.91 Å². The molecule has 0 saturated carbocycles. The van der Waals surface area contributed by atoms with Gasteiger partial charge in [0.15, 0.2) is 5.82 Å². The van der Waals surface area contributed by atoms with Gasteiger partial charge in [0.1, 0.15) is 5.75 Å². The van der Waals surface area contributed by atoms with Gasteiger partial charge in [0, 0.05) is 18.4 Å². The van der Waals surface area contributed by atoms with Crippen LogP contribution >= 0.6 is 0 Å². The Hall–Kier alpha value is -3.38. The van der Waals surface area contributed by atoms with Gasteiger partial charge in [-0.15, -0.1) is 0 Å². The molecule has 2 aromatic rings. The van der Waals surface area contributed by atoms with E-state index in [1.807, 2.05) is 13.0 Å². The van der Waals surface area contributed by atoms with Crippen molar-refractivity contribution in [2.24, 2.45) is 0 Å². The molecule has 0 aliphatic carbocycles. The molecule has 34 heavy (non-hydrogen) atoms. The van der Waals surface area contributed by atoms with Crippen LogP contribution in [0.2, 0.25) is 0 Å². The van der Waals surface area contributed by atoms with Gasteiger partial charge in [-0.3, -0.25) is 4.79 Å². The third-order valence-corrected chi connectivity index (χ3v) is 4.65. The summed E-state index contributed by atoms with van der Waals surface area (Å²) >= 11 is 0. The van der Waals surface area contributed by atoms with Crippen LogP contribution in [0.25, 0.3) is 5.57 Å². The lowest BCUT2D eigenvalue weighted by molar-refractivity contribution is -0.138. The molecule has 1 aromatic carbocycles. The van der Waals surface area contributed by atoms with Crippen LogP contribution < -0.4 is 10.1 Å². The molecule has 12 heteroatoms. The number of hydrogen-bond donors (Lipinski definition) is 3. The zero-order valence-corrected chi connectivity index (χ0v) is 18.7. The van der Waals surface area contributed by atoms with E-state index in [0.29, 0.717) is 5.57 Å². The number of benzene rings is 1. The van der Waals surface area contributed by atoms with E-state index in [4.69, 9.17) is 9.26 Å². The molecule has 0 bridgehead atoms. The molecule has 0 aliphatic heterocycles. The van der Waals surface area contributed by atoms with Crippen molar-refractivity contribution in [3.05, 3.63) is 71.9 Å². The van der Waals surface area contributed by atoms with Crippen molar-refractivity contribution in [3.63, 3.8) is 0 Å². The Labute approximate surface area is 195 Å². The Morgan fingerprint density at radius 1 is 1.35 bits per heavy atom. The van der Waals surface area contributed by atoms with Gasteiger partial charge in [-0.05, 0) is 31.0 Å². The number of carbonyl (C=O) groups is 1. The van der Waals surface area contributed by atoms with Crippen molar-refractivity contribution in [2.75, 3.05) is 7.11 Å². The maximum Gasteiger partial charge on any atom is 0.475 e. The van der Waals surface area contributed by atoms with Crippen LogP contribution in [0.15, 0.2) is 53.6 Å². The van der Waals surface area contributed by atoms with E-state index in [9.17, 15) is 28.0 Å². The van der Waals surface area contributed by atoms with Gasteiger partial charge in [0.25, 0.3) is 5.89 Å². The summed E-state index contributed by atoms with van der Waals surface area (Å²) in [7, 11) is -0.877. The predicted octanol–water partition coefficient (Wildman–Crippen LogP) is 2.91. The Bertz CT molecular complexity index is 1050. The highest BCUT2D eigenvalue weighted by atomic mass is 19.4. The van der Waals surface area contributed by atoms with Gasteiger partial charge in [-0.2, -0.15) is 18.2 Å². The number of ether oxygens (including phenoxy) is 1. The van der Waals surface area contributed by atoms with E-state index in [0.717, 1.165) is 19.2 Å². The molecule has 1 atom stereocenters. The predicted molar refractivity (Wildman–Crippen MR) is 119 cm³/mol. The van der Waals surface area contributed by atoms with E-state index in [2.05, 4.69) is 22.0 Å². The summed E-state index contributed by atoms with van der Waals surface area (Å²) in [5.41, 5.74) is -0.374. The van der Waals surface area contributed by atoms with Crippen LogP contribution in [0.1, 0.15) is 36.2 Å². The molecule has 8 nitrogen and oxygen atoms in total. The maximum atomic E-state index is 13.2. The highest BCUT2D eigenvalue weighted by molar-refractivity contribution is 6.43. The minimum Gasteiger partial charge on any atom is -0.496 e. The van der Waals surface area contributed by atoms with Gasteiger partial charge >= 0.3 is 13.3 Å². The number of methoxy groups -OCH3 is 1. The Balaban J connectivity index is 1.99. The molecule has 182 valence electrons. The average molecular weight is 479 g/mol. The minimum absolute atomic E-state index is 0.0934. The van der Waals surface area contributed by atoms with Crippen molar-refractivity contribution in [2.45, 2.75) is 38.3 Å². The third kappa shape index (κ3) is 7.89. The van der Waals surface area contributed by atoms with Gasteiger partial charge in [-0.1, -0.05) is 42.1 Å². The number of rotatable bonds is 11. The molecule has 1 aromatic heterocycles. The standard InChI is InChI=1S/C22H25BF3N3O5/c1-4-5-6-7-14(2)21-28-19(29-34-21)10-11-20(30)27-18(23(31)32)13-15-8-9-17(33-3)16(12-15)22(24,25)26/h4-9,12,18,31-32H,2,10-11,13H2,1,3H3,(H,27,30). The van der Waals surface area contributed by atoms with E-state index < -0.39 is 30.7 Å². The van der Waals surface area contributed by atoms with Gasteiger partial charge in [-0.25, -0.2) is 0 Å². The quantitative estimate of drug-likeness (QED) is 0.335. The van der Waals surface area contributed by atoms with Crippen molar-refractivity contribution in [1.29, 1.82) is 0 Å². The average Bonchev–Trinajstić information content (AvgIpc) is 3.26. The van der Waals surface area contributed by atoms with Gasteiger partial charge < -0.3 is 24.6 Å². The van der Waals surface area contributed by atoms with Crippen molar-refractivity contribution in [3.8, 4) is 5.75 Å². The first kappa shape index (κ1) is 26.9. The monoisotopic (exact) mass is 479 g/mol. The molecule has 1 unspecified atom stereocenters. The molecule has 1 amide bonds. The van der Waals surface area contributed by atoms with E-state index in [1.54, 1.807) is 18.2 Å². The summed E-state index contributed by atoms with van der Waals surface area (Å²) in [5.74, 6) is -1.72. The number of nitrogens with one attached hydrogen (secondary N) is 1. The molecule has 2 rings (SSSR count). The van der Waals surface area contributed by atoms with Crippen molar-refractivity contribution in [1.82, 2.24) is 15.5 Å². The molecule has 0 spiro atoms. The molecular formula is C22H25BF3N3O5. The third-order valence-electron chi connectivity index (χ3n) is 4.65. The normalized spacial score (nSPS) is 12.8. The zero-order chi connectivity index (χ0) is 25.3. The number of hydrogen-bond acceptors (Lipinski definition) is 7. The smallest absolute Gasteiger partial charge is 0.475 e. The Kier molecular flexibility index (Phi) is 9.63. The number of nitrogens with zero attached hydrogens (tertiary/aromatic N) is 2. The highest BCUT2D eigenvalue weighted by Crippen LogP contribution is 2.36. The summed E-state index contributed by atoms with van der Waals surface area (Å²) in [6.07, 6.45) is 2.14. The van der Waals surface area contributed by atoms with Crippen LogP contribution in [0.5, 0.6) is 5.75 Å². The molecule has 0 fully saturated rings. The zero-order valence-electron chi connectivity index (χ0n) is 18.7. The second-order valence-corrected chi connectivity index (χ2v) is 7.25. The molecule has 0 saturated heterocycles. The molecule has 1 heterocycles. The lowest BCUT2D eigenvalue weighted by Gasteiger charge is -2.19. The molecule has 3 N–H and O–H groups in total. The largest absolute Gasteiger partial charge is 0.496 e. The SMILES string of the molecule is C=C(C=CC=CC)c1nc(CCC(=O)NC(Cc2ccc(OC)c(C(F)(F)F)c2)B(O)O)no1. The summed E-state index contributed by atoms with van der Waals surface area (Å²) in [4.78, 5) is 16.4. The second-order valence-electron chi connectivity index (χ2n) is 7.25. The van der Waals surface area contributed by atoms with E-state index in [-0.39, 0.29) is 42.3 Å². The fourth-order valence-corrected chi connectivity index (χ4v) is 2.93. The number of halogens is 3. The summed E-state index contributed by atoms with van der Waals surface area (Å²) < 4.78 is 49.5. The fraction of sp³-hybridized carbons (Fsp3) is 0.318. The van der Waals surface area contributed by atoms with E-state index in [1.165, 1.54) is 6.07 Å². The van der Waals surface area contributed by atoms with Crippen molar-refractivity contribution >= 4 is 18.6 Å².